The molecule has 0 amide bonds. The molecule has 0 unspecified atom stereocenters. The minimum absolute atomic E-state index is 0.184. The number of hydrogen-bond donors (Lipinski definition) is 1. The van der Waals surface area contributed by atoms with Crippen molar-refractivity contribution in [2.75, 3.05) is 0 Å². The van der Waals surface area contributed by atoms with Crippen LogP contribution in [0.3, 0.4) is 0 Å². The van der Waals surface area contributed by atoms with Gasteiger partial charge in [-0.05, 0) is 36.3 Å². The van der Waals surface area contributed by atoms with Gasteiger partial charge in [0, 0.05) is 11.1 Å². The maximum absolute atomic E-state index is 9.84. The molecule has 3 nitrogen and oxygen atoms in total. The van der Waals surface area contributed by atoms with Crippen molar-refractivity contribution in [3.63, 3.8) is 0 Å². The minimum Gasteiger partial charge on any atom is -0.507 e. The highest BCUT2D eigenvalue weighted by Gasteiger charge is 2.03. The van der Waals surface area contributed by atoms with Gasteiger partial charge in [-0.3, -0.25) is 0 Å². The summed E-state index contributed by atoms with van der Waals surface area (Å²) in [6.07, 6.45) is 3.58. The average molecular weight is 340 g/mol. The van der Waals surface area contributed by atoms with Crippen LogP contribution in [0.25, 0.3) is 5.57 Å². The van der Waals surface area contributed by atoms with Gasteiger partial charge in [0.25, 0.3) is 0 Å². The van der Waals surface area contributed by atoms with Crippen LogP contribution in [-0.4, -0.2) is 17.0 Å². The molecule has 1 N–H and O–H groups in total. The molecule has 0 bridgehead atoms. The summed E-state index contributed by atoms with van der Waals surface area (Å²) in [5.74, 6) is 0.184. The van der Waals surface area contributed by atoms with Crippen molar-refractivity contribution in [3.05, 3.63) is 108 Å². The maximum atomic E-state index is 9.84. The van der Waals surface area contributed by atoms with Crippen LogP contribution in [0.2, 0.25) is 0 Å². The van der Waals surface area contributed by atoms with E-state index in [1.54, 1.807) is 24.4 Å². The van der Waals surface area contributed by atoms with Gasteiger partial charge >= 0.3 is 0 Å². The number of allylic oxidation sites excluding steroid dienone is 2. The van der Waals surface area contributed by atoms with Crippen LogP contribution in [0.15, 0.2) is 101 Å². The zero-order valence-electron chi connectivity index (χ0n) is 14.6. The third kappa shape index (κ3) is 4.54. The van der Waals surface area contributed by atoms with E-state index in [9.17, 15) is 5.11 Å². The first-order chi connectivity index (χ1) is 12.7. The molecule has 128 valence electrons. The van der Waals surface area contributed by atoms with Gasteiger partial charge in [-0.1, -0.05) is 72.8 Å². The van der Waals surface area contributed by atoms with Crippen LogP contribution in [0.4, 0.5) is 0 Å². The number of para-hydroxylation sites is 1. The van der Waals surface area contributed by atoms with Crippen molar-refractivity contribution < 1.29 is 5.11 Å². The lowest BCUT2D eigenvalue weighted by molar-refractivity contribution is 0.474. The number of phenolic OH excluding ortho intramolecular Hbond substituents is 1. The molecule has 0 saturated heterocycles. The lowest BCUT2D eigenvalue weighted by Gasteiger charge is -2.04. The molecule has 0 aliphatic rings. The third-order valence-corrected chi connectivity index (χ3v) is 3.95. The molecule has 26 heavy (non-hydrogen) atoms. The first kappa shape index (κ1) is 17.4. The zero-order valence-corrected chi connectivity index (χ0v) is 14.6. The highest BCUT2D eigenvalue weighted by molar-refractivity contribution is 6.12. The second kappa shape index (κ2) is 8.58. The van der Waals surface area contributed by atoms with Crippen molar-refractivity contribution in [1.29, 1.82) is 0 Å². The summed E-state index contributed by atoms with van der Waals surface area (Å²) in [5.41, 5.74) is 4.62. The topological polar surface area (TPSA) is 45.0 Å². The fourth-order valence-electron chi connectivity index (χ4n) is 2.52. The molecule has 3 heteroatoms. The van der Waals surface area contributed by atoms with Crippen LogP contribution in [0.5, 0.6) is 5.75 Å². The lowest BCUT2D eigenvalue weighted by Crippen LogP contribution is -1.97. The molecule has 0 spiro atoms. The van der Waals surface area contributed by atoms with E-state index in [0.29, 0.717) is 5.56 Å². The Morgan fingerprint density at radius 2 is 1.35 bits per heavy atom. The van der Waals surface area contributed by atoms with Gasteiger partial charge in [0.05, 0.1) is 11.9 Å². The first-order valence-electron chi connectivity index (χ1n) is 8.42. The van der Waals surface area contributed by atoms with E-state index in [-0.39, 0.29) is 5.75 Å². The Morgan fingerprint density at radius 1 is 0.769 bits per heavy atom. The van der Waals surface area contributed by atoms with E-state index in [0.717, 1.165) is 22.4 Å². The van der Waals surface area contributed by atoms with Gasteiger partial charge in [-0.25, -0.2) is 0 Å². The van der Waals surface area contributed by atoms with Gasteiger partial charge in [0.15, 0.2) is 0 Å². The van der Waals surface area contributed by atoms with Crippen molar-refractivity contribution in [2.24, 2.45) is 10.2 Å². The first-order valence-corrected chi connectivity index (χ1v) is 8.42. The van der Waals surface area contributed by atoms with E-state index in [1.807, 2.05) is 60.7 Å². The van der Waals surface area contributed by atoms with Gasteiger partial charge < -0.3 is 5.11 Å². The van der Waals surface area contributed by atoms with Crippen molar-refractivity contribution in [3.8, 4) is 5.75 Å². The Hall–Kier alpha value is -3.46. The minimum atomic E-state index is 0.184. The van der Waals surface area contributed by atoms with E-state index >= 15 is 0 Å². The number of phenols is 1. The van der Waals surface area contributed by atoms with Gasteiger partial charge in [0.2, 0.25) is 0 Å². The Labute approximate surface area is 153 Å². The highest BCUT2D eigenvalue weighted by Crippen LogP contribution is 2.16. The molecule has 0 aliphatic heterocycles. The Kier molecular flexibility index (Phi) is 5.73. The predicted molar refractivity (Wildman–Crippen MR) is 109 cm³/mol. The monoisotopic (exact) mass is 340 g/mol. The predicted octanol–water partition coefficient (Wildman–Crippen LogP) is 5.32. The summed E-state index contributed by atoms with van der Waals surface area (Å²) < 4.78 is 0. The van der Waals surface area contributed by atoms with Crippen molar-refractivity contribution in [1.82, 2.24) is 0 Å². The molecule has 3 rings (SSSR count). The Balaban J connectivity index is 1.95. The second-order valence-electron chi connectivity index (χ2n) is 5.85. The Morgan fingerprint density at radius 3 is 2.00 bits per heavy atom. The largest absolute Gasteiger partial charge is 0.507 e. The summed E-state index contributed by atoms with van der Waals surface area (Å²) >= 11 is 0. The van der Waals surface area contributed by atoms with Gasteiger partial charge in [-0.2, -0.15) is 10.2 Å². The Bertz CT molecular complexity index is 942. The SMILES string of the molecule is CC(=C/C(=N/N=C/c1ccccc1O)c1ccccc1)c1ccccc1. The van der Waals surface area contributed by atoms with Crippen molar-refractivity contribution in [2.45, 2.75) is 6.92 Å². The number of nitrogens with zero attached hydrogens (tertiary/aromatic N) is 2. The summed E-state index contributed by atoms with van der Waals surface area (Å²) in [6, 6.07) is 27.1. The molecular weight excluding hydrogens is 320 g/mol. The standard InChI is InChI=1S/C23H20N2O/c1-18(19-10-4-2-5-11-19)16-22(20-12-6-3-7-13-20)25-24-17-21-14-8-9-15-23(21)26/h2-17,26H,1H3/b18-16?,24-17+,25-22-. The molecule has 0 aliphatic carbocycles. The smallest absolute Gasteiger partial charge is 0.124 e. The molecule has 0 fully saturated rings. The fraction of sp³-hybridized carbons (Fsp3) is 0.0435. The molecule has 0 atom stereocenters. The van der Waals surface area contributed by atoms with E-state index in [4.69, 9.17) is 0 Å². The van der Waals surface area contributed by atoms with Gasteiger partial charge in [-0.15, -0.1) is 0 Å². The number of benzene rings is 3. The average Bonchev–Trinajstić information content (AvgIpc) is 2.70. The molecule has 0 aromatic heterocycles. The third-order valence-electron chi connectivity index (χ3n) is 3.95. The number of aromatic hydroxyl groups is 1. The summed E-state index contributed by atoms with van der Waals surface area (Å²) in [5, 5.41) is 18.4. The highest BCUT2D eigenvalue weighted by atomic mass is 16.3. The fourth-order valence-corrected chi connectivity index (χ4v) is 2.52. The number of rotatable bonds is 5. The molecule has 3 aromatic carbocycles. The maximum Gasteiger partial charge on any atom is 0.124 e. The van der Waals surface area contributed by atoms with Crippen LogP contribution >= 0.6 is 0 Å². The summed E-state index contributed by atoms with van der Waals surface area (Å²) in [4.78, 5) is 0. The van der Waals surface area contributed by atoms with E-state index < -0.39 is 0 Å². The van der Waals surface area contributed by atoms with Crippen LogP contribution in [0, 0.1) is 0 Å². The van der Waals surface area contributed by atoms with E-state index in [1.165, 1.54) is 0 Å². The zero-order chi connectivity index (χ0) is 18.2. The molecule has 0 radical (unpaired) electrons. The summed E-state index contributed by atoms with van der Waals surface area (Å²) in [6.45, 7) is 2.06. The van der Waals surface area contributed by atoms with Gasteiger partial charge in [0.1, 0.15) is 5.75 Å². The molecule has 0 saturated carbocycles. The quantitative estimate of drug-likeness (QED) is 0.496. The molecule has 3 aromatic rings. The van der Waals surface area contributed by atoms with Crippen LogP contribution in [-0.2, 0) is 0 Å². The lowest BCUT2D eigenvalue weighted by atomic mass is 10.0. The van der Waals surface area contributed by atoms with Crippen LogP contribution in [0.1, 0.15) is 23.6 Å². The number of hydrogen-bond acceptors (Lipinski definition) is 3. The normalized spacial score (nSPS) is 12.5. The molecule has 0 heterocycles. The summed E-state index contributed by atoms with van der Waals surface area (Å²) in [7, 11) is 0. The van der Waals surface area contributed by atoms with E-state index in [2.05, 4.69) is 29.3 Å². The van der Waals surface area contributed by atoms with Crippen LogP contribution < -0.4 is 0 Å². The van der Waals surface area contributed by atoms with Crippen molar-refractivity contribution >= 4 is 17.5 Å². The second-order valence-corrected chi connectivity index (χ2v) is 5.85. The molecular formula is C23H20N2O.